The van der Waals surface area contributed by atoms with Crippen molar-refractivity contribution in [2.45, 2.75) is 0 Å². The Morgan fingerprint density at radius 1 is 1.11 bits per heavy atom. The zero-order valence-electron chi connectivity index (χ0n) is 11.0. The molecular formula is C15H17N3O. The first-order chi connectivity index (χ1) is 9.25. The summed E-state index contributed by atoms with van der Waals surface area (Å²) >= 11 is 0. The normalized spacial score (nSPS) is 16.8. The second kappa shape index (κ2) is 4.97. The Labute approximate surface area is 112 Å². The molecule has 1 aliphatic rings. The lowest BCUT2D eigenvalue weighted by Crippen LogP contribution is -2.47. The lowest BCUT2D eigenvalue weighted by Gasteiger charge is -2.32. The molecule has 1 aliphatic heterocycles. The fourth-order valence-corrected chi connectivity index (χ4v) is 2.45. The predicted molar refractivity (Wildman–Crippen MR) is 75.1 cm³/mol. The molecule has 1 amide bonds. The minimum absolute atomic E-state index is 0.0462. The molecule has 2 aromatic rings. The molecule has 19 heavy (non-hydrogen) atoms. The number of carbonyl (C=O) groups is 1. The highest BCUT2D eigenvalue weighted by atomic mass is 16.2. The van der Waals surface area contributed by atoms with Gasteiger partial charge >= 0.3 is 0 Å². The summed E-state index contributed by atoms with van der Waals surface area (Å²) in [4.78, 5) is 21.0. The van der Waals surface area contributed by atoms with Gasteiger partial charge in [-0.05, 0) is 18.5 Å². The van der Waals surface area contributed by atoms with Gasteiger partial charge in [-0.25, -0.2) is 0 Å². The van der Waals surface area contributed by atoms with Crippen LogP contribution in [0.4, 0.5) is 0 Å². The van der Waals surface area contributed by atoms with Gasteiger partial charge in [-0.3, -0.25) is 9.78 Å². The second-order valence-electron chi connectivity index (χ2n) is 4.98. The Morgan fingerprint density at radius 2 is 1.84 bits per heavy atom. The summed E-state index contributed by atoms with van der Waals surface area (Å²) in [5.41, 5.74) is 0.572. The van der Waals surface area contributed by atoms with E-state index in [0.717, 1.165) is 37.0 Å². The quantitative estimate of drug-likeness (QED) is 0.777. The number of benzene rings is 1. The molecule has 1 aromatic carbocycles. The van der Waals surface area contributed by atoms with Crippen molar-refractivity contribution < 1.29 is 4.79 Å². The smallest absolute Gasteiger partial charge is 0.273 e. The van der Waals surface area contributed by atoms with E-state index in [1.165, 1.54) is 0 Å². The van der Waals surface area contributed by atoms with Crippen LogP contribution in [0.1, 0.15) is 10.5 Å². The number of likely N-dealkylation sites (N-methyl/N-ethyl adjacent to an activating group) is 1. The number of hydrogen-bond donors (Lipinski definition) is 0. The number of hydrogen-bond acceptors (Lipinski definition) is 3. The first-order valence-corrected chi connectivity index (χ1v) is 6.57. The van der Waals surface area contributed by atoms with Crippen molar-refractivity contribution in [2.75, 3.05) is 33.2 Å². The summed E-state index contributed by atoms with van der Waals surface area (Å²) in [6.45, 7) is 3.41. The minimum atomic E-state index is 0.0462. The van der Waals surface area contributed by atoms with Crippen molar-refractivity contribution >= 4 is 16.7 Å². The molecule has 1 saturated heterocycles. The van der Waals surface area contributed by atoms with Gasteiger partial charge in [0.2, 0.25) is 0 Å². The number of piperazine rings is 1. The van der Waals surface area contributed by atoms with E-state index < -0.39 is 0 Å². The predicted octanol–water partition coefficient (Wildman–Crippen LogP) is 1.62. The molecule has 0 bridgehead atoms. The van der Waals surface area contributed by atoms with Crippen molar-refractivity contribution in [3.05, 3.63) is 42.2 Å². The molecule has 4 heteroatoms. The Morgan fingerprint density at radius 3 is 2.63 bits per heavy atom. The van der Waals surface area contributed by atoms with E-state index >= 15 is 0 Å². The molecule has 0 saturated carbocycles. The van der Waals surface area contributed by atoms with Crippen LogP contribution in [0.25, 0.3) is 10.8 Å². The van der Waals surface area contributed by atoms with Crippen LogP contribution in [0, 0.1) is 0 Å². The highest BCUT2D eigenvalue weighted by molar-refractivity contribution is 6.05. The van der Waals surface area contributed by atoms with Crippen LogP contribution in [-0.2, 0) is 0 Å². The zero-order valence-corrected chi connectivity index (χ0v) is 11.0. The van der Waals surface area contributed by atoms with E-state index in [4.69, 9.17) is 0 Å². The zero-order chi connectivity index (χ0) is 13.2. The molecule has 0 N–H and O–H groups in total. The summed E-state index contributed by atoms with van der Waals surface area (Å²) < 4.78 is 0. The number of pyridine rings is 1. The molecule has 1 aromatic heterocycles. The summed E-state index contributed by atoms with van der Waals surface area (Å²) in [5, 5.41) is 2.00. The van der Waals surface area contributed by atoms with Gasteiger partial charge in [-0.2, -0.15) is 0 Å². The maximum atomic E-state index is 12.6. The molecule has 4 nitrogen and oxygen atoms in total. The Kier molecular flexibility index (Phi) is 3.17. The standard InChI is InChI=1S/C15H17N3O/c1-17-8-10-18(11-9-17)15(19)14-13-5-3-2-4-12(13)6-7-16-14/h2-7H,8-11H2,1H3. The van der Waals surface area contributed by atoms with E-state index in [2.05, 4.69) is 16.9 Å². The van der Waals surface area contributed by atoms with Crippen molar-refractivity contribution in [1.29, 1.82) is 0 Å². The SMILES string of the molecule is CN1CCN(C(=O)c2nccc3ccccc23)CC1. The monoisotopic (exact) mass is 255 g/mol. The summed E-state index contributed by atoms with van der Waals surface area (Å²) in [6, 6.07) is 9.84. The van der Waals surface area contributed by atoms with Crippen LogP contribution in [-0.4, -0.2) is 53.9 Å². The van der Waals surface area contributed by atoms with Gasteiger partial charge in [-0.1, -0.05) is 24.3 Å². The highest BCUT2D eigenvalue weighted by Gasteiger charge is 2.22. The molecule has 1 fully saturated rings. The third-order valence-electron chi connectivity index (χ3n) is 3.67. The summed E-state index contributed by atoms with van der Waals surface area (Å²) in [6.07, 6.45) is 1.71. The van der Waals surface area contributed by atoms with E-state index in [1.54, 1.807) is 6.20 Å². The first-order valence-electron chi connectivity index (χ1n) is 6.57. The van der Waals surface area contributed by atoms with Crippen LogP contribution in [0.2, 0.25) is 0 Å². The fourth-order valence-electron chi connectivity index (χ4n) is 2.45. The summed E-state index contributed by atoms with van der Waals surface area (Å²) in [7, 11) is 2.08. The maximum Gasteiger partial charge on any atom is 0.273 e. The van der Waals surface area contributed by atoms with Gasteiger partial charge in [0, 0.05) is 37.8 Å². The second-order valence-corrected chi connectivity index (χ2v) is 4.98. The van der Waals surface area contributed by atoms with E-state index in [0.29, 0.717) is 5.69 Å². The molecule has 0 aliphatic carbocycles. The Bertz CT molecular complexity index is 598. The van der Waals surface area contributed by atoms with Gasteiger partial charge < -0.3 is 9.80 Å². The number of aromatic nitrogens is 1. The van der Waals surface area contributed by atoms with Crippen molar-refractivity contribution in [3.63, 3.8) is 0 Å². The molecule has 2 heterocycles. The van der Waals surface area contributed by atoms with Crippen LogP contribution in [0.3, 0.4) is 0 Å². The van der Waals surface area contributed by atoms with E-state index in [9.17, 15) is 4.79 Å². The van der Waals surface area contributed by atoms with Crippen LogP contribution in [0.15, 0.2) is 36.5 Å². The topological polar surface area (TPSA) is 36.4 Å². The van der Waals surface area contributed by atoms with E-state index in [-0.39, 0.29) is 5.91 Å². The lowest BCUT2D eigenvalue weighted by molar-refractivity contribution is 0.0660. The fraction of sp³-hybridized carbons (Fsp3) is 0.333. The molecule has 0 atom stereocenters. The van der Waals surface area contributed by atoms with Crippen molar-refractivity contribution in [1.82, 2.24) is 14.8 Å². The maximum absolute atomic E-state index is 12.6. The summed E-state index contributed by atoms with van der Waals surface area (Å²) in [5.74, 6) is 0.0462. The molecule has 0 radical (unpaired) electrons. The molecular weight excluding hydrogens is 238 g/mol. The van der Waals surface area contributed by atoms with Crippen molar-refractivity contribution in [3.8, 4) is 0 Å². The average molecular weight is 255 g/mol. The molecule has 0 unspecified atom stereocenters. The molecule has 98 valence electrons. The number of carbonyl (C=O) groups excluding carboxylic acids is 1. The third kappa shape index (κ3) is 2.31. The number of amides is 1. The number of nitrogens with zero attached hydrogens (tertiary/aromatic N) is 3. The van der Waals surface area contributed by atoms with Gasteiger partial charge in [0.15, 0.2) is 0 Å². The van der Waals surface area contributed by atoms with Crippen LogP contribution < -0.4 is 0 Å². The van der Waals surface area contributed by atoms with Crippen LogP contribution in [0.5, 0.6) is 0 Å². The first kappa shape index (κ1) is 12.1. The number of rotatable bonds is 1. The third-order valence-corrected chi connectivity index (χ3v) is 3.67. The lowest BCUT2D eigenvalue weighted by atomic mass is 10.1. The van der Waals surface area contributed by atoms with Gasteiger partial charge in [0.05, 0.1) is 0 Å². The highest BCUT2D eigenvalue weighted by Crippen LogP contribution is 2.18. The van der Waals surface area contributed by atoms with Crippen LogP contribution >= 0.6 is 0 Å². The molecule has 0 spiro atoms. The van der Waals surface area contributed by atoms with Gasteiger partial charge in [0.1, 0.15) is 5.69 Å². The Hall–Kier alpha value is -1.94. The van der Waals surface area contributed by atoms with E-state index in [1.807, 2.05) is 35.2 Å². The Balaban J connectivity index is 1.93. The average Bonchev–Trinajstić information content (AvgIpc) is 2.47. The molecule has 3 rings (SSSR count). The number of fused-ring (bicyclic) bond motifs is 1. The van der Waals surface area contributed by atoms with Gasteiger partial charge in [-0.15, -0.1) is 0 Å². The van der Waals surface area contributed by atoms with Gasteiger partial charge in [0.25, 0.3) is 5.91 Å². The largest absolute Gasteiger partial charge is 0.335 e. The van der Waals surface area contributed by atoms with Crippen molar-refractivity contribution in [2.24, 2.45) is 0 Å². The minimum Gasteiger partial charge on any atom is -0.335 e.